The van der Waals surface area contributed by atoms with Crippen LogP contribution >= 0.6 is 0 Å². The quantitative estimate of drug-likeness (QED) is 0.115. The molecule has 1 atom stereocenters. The molecular weight excluding hydrogens is 460 g/mol. The fourth-order valence-corrected chi connectivity index (χ4v) is 4.93. The SMILES string of the molecule is CCCCOC(=O)c1ccccc1-c1c2ccc(=[N+](CC)CC)cc-2oc2cc(C(C)NCC)ccc12. The van der Waals surface area contributed by atoms with Crippen molar-refractivity contribution in [1.29, 1.82) is 0 Å². The highest BCUT2D eigenvalue weighted by atomic mass is 16.5. The van der Waals surface area contributed by atoms with Gasteiger partial charge in [0.25, 0.3) is 0 Å². The second kappa shape index (κ2) is 12.2. The zero-order valence-electron chi connectivity index (χ0n) is 22.8. The highest BCUT2D eigenvalue weighted by Gasteiger charge is 2.23. The molecule has 2 aliphatic rings. The number of carbonyl (C=O) groups is 1. The Morgan fingerprint density at radius 2 is 1.76 bits per heavy atom. The number of unbranched alkanes of at least 4 members (excludes halogenated alkanes) is 1. The van der Waals surface area contributed by atoms with Gasteiger partial charge < -0.3 is 14.5 Å². The average Bonchev–Trinajstić information content (AvgIpc) is 2.92. The molecule has 2 aromatic rings. The maximum atomic E-state index is 13.2. The highest BCUT2D eigenvalue weighted by Crippen LogP contribution is 2.41. The number of hydrogen-bond acceptors (Lipinski definition) is 4. The monoisotopic (exact) mass is 499 g/mol. The molecule has 1 heterocycles. The summed E-state index contributed by atoms with van der Waals surface area (Å²) in [6.45, 7) is 13.8. The third-order valence-corrected chi connectivity index (χ3v) is 7.02. The van der Waals surface area contributed by atoms with Crippen LogP contribution in [0.25, 0.3) is 33.4 Å². The summed E-state index contributed by atoms with van der Waals surface area (Å²) in [5, 5.41) is 5.59. The molecular formula is C32H39N2O3+. The Morgan fingerprint density at radius 1 is 0.973 bits per heavy atom. The summed E-state index contributed by atoms with van der Waals surface area (Å²) in [5.41, 5.74) is 5.37. The fourth-order valence-electron chi connectivity index (χ4n) is 4.93. The van der Waals surface area contributed by atoms with Gasteiger partial charge in [-0.1, -0.05) is 50.6 Å². The number of benzene rings is 3. The van der Waals surface area contributed by atoms with Crippen LogP contribution in [-0.4, -0.2) is 32.2 Å². The number of hydrogen-bond donors (Lipinski definition) is 1. The van der Waals surface area contributed by atoms with Crippen molar-refractivity contribution in [1.82, 2.24) is 9.89 Å². The van der Waals surface area contributed by atoms with E-state index in [0.717, 1.165) is 76.8 Å². The molecule has 1 unspecified atom stereocenters. The van der Waals surface area contributed by atoms with Gasteiger partial charge in [-0.15, -0.1) is 0 Å². The molecule has 1 aliphatic carbocycles. The summed E-state index contributed by atoms with van der Waals surface area (Å²) in [6.07, 6.45) is 1.83. The average molecular weight is 500 g/mol. The minimum Gasteiger partial charge on any atom is -0.462 e. The van der Waals surface area contributed by atoms with Gasteiger partial charge in [0, 0.05) is 28.6 Å². The van der Waals surface area contributed by atoms with Crippen LogP contribution in [-0.2, 0) is 4.74 Å². The maximum Gasteiger partial charge on any atom is 0.338 e. The standard InChI is InChI=1S/C32H39N2O3/c1-6-10-19-36-32(35)26-14-12-11-13-25(26)31-27-17-15-23(22(5)33-7-2)20-29(27)37-30-21-24(16-18-28(30)31)34(8-3)9-4/h11-18,20-22,33H,6-10,19H2,1-5H3/q+1. The number of fused-ring (bicyclic) bond motifs is 2. The van der Waals surface area contributed by atoms with Gasteiger partial charge in [0.05, 0.1) is 18.2 Å². The molecule has 0 radical (unpaired) electrons. The molecule has 0 aromatic heterocycles. The van der Waals surface area contributed by atoms with Crippen LogP contribution in [0.1, 0.15) is 69.4 Å². The van der Waals surface area contributed by atoms with Gasteiger partial charge in [-0.2, -0.15) is 0 Å². The Morgan fingerprint density at radius 3 is 2.49 bits per heavy atom. The number of rotatable bonds is 10. The second-order valence-electron chi connectivity index (χ2n) is 9.40. The molecule has 0 saturated carbocycles. The van der Waals surface area contributed by atoms with Crippen LogP contribution in [0.4, 0.5) is 0 Å². The third-order valence-electron chi connectivity index (χ3n) is 7.02. The van der Waals surface area contributed by atoms with Crippen molar-refractivity contribution in [3.63, 3.8) is 0 Å². The molecule has 2 aromatic carbocycles. The smallest absolute Gasteiger partial charge is 0.338 e. The van der Waals surface area contributed by atoms with E-state index in [9.17, 15) is 4.79 Å². The topological polar surface area (TPSA) is 54.5 Å². The predicted octanol–water partition coefficient (Wildman–Crippen LogP) is 6.64. The van der Waals surface area contributed by atoms with Gasteiger partial charge >= 0.3 is 5.97 Å². The normalized spacial score (nSPS) is 12.1. The van der Waals surface area contributed by atoms with Gasteiger partial charge in [-0.25, -0.2) is 9.37 Å². The van der Waals surface area contributed by atoms with Gasteiger partial charge in [-0.3, -0.25) is 0 Å². The predicted molar refractivity (Wildman–Crippen MR) is 152 cm³/mol. The first-order valence-corrected chi connectivity index (χ1v) is 13.6. The van der Waals surface area contributed by atoms with E-state index in [1.807, 2.05) is 24.3 Å². The van der Waals surface area contributed by atoms with E-state index in [4.69, 9.17) is 9.15 Å². The van der Waals surface area contributed by atoms with Crippen molar-refractivity contribution in [2.24, 2.45) is 0 Å². The zero-order chi connectivity index (χ0) is 26.4. The molecule has 194 valence electrons. The van der Waals surface area contributed by atoms with E-state index in [2.05, 4.69) is 80.9 Å². The van der Waals surface area contributed by atoms with Gasteiger partial charge in [0.1, 0.15) is 24.4 Å². The van der Waals surface area contributed by atoms with E-state index < -0.39 is 0 Å². The molecule has 0 bridgehead atoms. The molecule has 5 nitrogen and oxygen atoms in total. The largest absolute Gasteiger partial charge is 0.462 e. The van der Waals surface area contributed by atoms with Crippen molar-refractivity contribution in [2.45, 2.75) is 53.5 Å². The van der Waals surface area contributed by atoms with Crippen molar-refractivity contribution < 1.29 is 13.9 Å². The Labute approximate surface area is 220 Å². The lowest BCUT2D eigenvalue weighted by atomic mass is 9.90. The zero-order valence-corrected chi connectivity index (χ0v) is 22.8. The number of carbonyl (C=O) groups excluding carboxylic acids is 1. The summed E-state index contributed by atoms with van der Waals surface area (Å²) < 4.78 is 14.5. The van der Waals surface area contributed by atoms with Crippen LogP contribution < -0.4 is 15.2 Å². The minimum atomic E-state index is -0.289. The molecule has 5 heteroatoms. The molecule has 0 spiro atoms. The van der Waals surface area contributed by atoms with Crippen LogP contribution in [0.5, 0.6) is 0 Å². The highest BCUT2D eigenvalue weighted by molar-refractivity contribution is 6.07. The molecule has 0 amide bonds. The van der Waals surface area contributed by atoms with E-state index in [0.29, 0.717) is 12.2 Å². The summed E-state index contributed by atoms with van der Waals surface area (Å²) in [6, 6.07) is 20.7. The van der Waals surface area contributed by atoms with Gasteiger partial charge in [0.15, 0.2) is 0 Å². The van der Waals surface area contributed by atoms with Crippen molar-refractivity contribution in [3.05, 3.63) is 77.1 Å². The number of nitrogens with one attached hydrogen (secondary N) is 1. The summed E-state index contributed by atoms with van der Waals surface area (Å²) in [4.78, 5) is 13.2. The number of ether oxygens (including phenoxy) is 1. The molecule has 37 heavy (non-hydrogen) atoms. The first kappa shape index (κ1) is 26.6. The Balaban J connectivity index is 2.01. The van der Waals surface area contributed by atoms with Crippen molar-refractivity contribution in [3.8, 4) is 22.5 Å². The van der Waals surface area contributed by atoms with E-state index in [1.54, 1.807) is 0 Å². The minimum absolute atomic E-state index is 0.201. The first-order chi connectivity index (χ1) is 18.0. The third kappa shape index (κ3) is 5.62. The van der Waals surface area contributed by atoms with E-state index >= 15 is 0 Å². The van der Waals surface area contributed by atoms with Gasteiger partial charge in [-0.05, 0) is 63.1 Å². The number of esters is 1. The summed E-state index contributed by atoms with van der Waals surface area (Å²) >= 11 is 0. The Kier molecular flexibility index (Phi) is 8.78. The van der Waals surface area contributed by atoms with E-state index in [-0.39, 0.29) is 12.0 Å². The lowest BCUT2D eigenvalue weighted by Crippen LogP contribution is -2.29. The van der Waals surface area contributed by atoms with Crippen LogP contribution in [0.15, 0.2) is 65.1 Å². The summed E-state index contributed by atoms with van der Waals surface area (Å²) in [7, 11) is 0. The molecule has 0 fully saturated rings. The van der Waals surface area contributed by atoms with Crippen LogP contribution in [0.2, 0.25) is 0 Å². The Bertz CT molecular complexity index is 1410. The van der Waals surface area contributed by atoms with Crippen LogP contribution in [0, 0.1) is 0 Å². The molecule has 0 saturated heterocycles. The lowest BCUT2D eigenvalue weighted by molar-refractivity contribution is 0.0500. The molecule has 1 N–H and O–H groups in total. The van der Waals surface area contributed by atoms with E-state index in [1.165, 1.54) is 0 Å². The van der Waals surface area contributed by atoms with Crippen LogP contribution in [0.3, 0.4) is 0 Å². The van der Waals surface area contributed by atoms with Crippen molar-refractivity contribution >= 4 is 16.9 Å². The maximum absolute atomic E-state index is 13.2. The lowest BCUT2D eigenvalue weighted by Gasteiger charge is -2.19. The van der Waals surface area contributed by atoms with Crippen molar-refractivity contribution in [2.75, 3.05) is 26.2 Å². The number of nitrogens with zero attached hydrogens (tertiary/aromatic N) is 1. The Hall–Kier alpha value is -3.44. The summed E-state index contributed by atoms with van der Waals surface area (Å²) in [5.74, 6) is 0.512. The molecule has 4 rings (SSSR count). The fraction of sp³-hybridized carbons (Fsp3) is 0.375. The first-order valence-electron chi connectivity index (χ1n) is 13.6. The second-order valence-corrected chi connectivity index (χ2v) is 9.40. The molecule has 1 aliphatic heterocycles. The van der Waals surface area contributed by atoms with Gasteiger partial charge in [0.2, 0.25) is 5.36 Å².